The van der Waals surface area contributed by atoms with E-state index in [1.54, 1.807) is 12.2 Å². The molecule has 1 unspecified atom stereocenters. The quantitative estimate of drug-likeness (QED) is 0.878. The molecule has 0 saturated carbocycles. The topological polar surface area (TPSA) is 47.6 Å². The number of carbonyl (C=O) groups is 1. The van der Waals surface area contributed by atoms with Gasteiger partial charge in [0, 0.05) is 6.08 Å². The summed E-state index contributed by atoms with van der Waals surface area (Å²) in [5.41, 5.74) is 3.18. The molecule has 118 valence electrons. The van der Waals surface area contributed by atoms with Crippen LogP contribution in [0.2, 0.25) is 0 Å². The van der Waals surface area contributed by atoms with E-state index in [-0.39, 0.29) is 18.7 Å². The van der Waals surface area contributed by atoms with Gasteiger partial charge in [0.2, 0.25) is 12.7 Å². The molecule has 1 N–H and O–H groups in total. The van der Waals surface area contributed by atoms with Crippen LogP contribution in [0.15, 0.2) is 48.5 Å². The maximum atomic E-state index is 12.0. The van der Waals surface area contributed by atoms with Gasteiger partial charge in [0.15, 0.2) is 11.5 Å². The Labute approximate surface area is 135 Å². The van der Waals surface area contributed by atoms with Gasteiger partial charge in [-0.15, -0.1) is 0 Å². The number of hydrogen-bond donors (Lipinski definition) is 1. The van der Waals surface area contributed by atoms with Crippen LogP contribution in [0.4, 0.5) is 0 Å². The molecule has 3 rings (SSSR count). The maximum Gasteiger partial charge on any atom is 0.244 e. The van der Waals surface area contributed by atoms with Crippen LogP contribution in [0.1, 0.15) is 29.7 Å². The van der Waals surface area contributed by atoms with Crippen molar-refractivity contribution in [1.29, 1.82) is 0 Å². The van der Waals surface area contributed by atoms with Gasteiger partial charge in [-0.2, -0.15) is 0 Å². The van der Waals surface area contributed by atoms with Crippen LogP contribution in [-0.2, 0) is 4.79 Å². The highest BCUT2D eigenvalue weighted by Gasteiger charge is 2.16. The van der Waals surface area contributed by atoms with Crippen LogP contribution < -0.4 is 14.8 Å². The van der Waals surface area contributed by atoms with Crippen molar-refractivity contribution in [3.8, 4) is 11.5 Å². The van der Waals surface area contributed by atoms with Crippen LogP contribution >= 0.6 is 0 Å². The van der Waals surface area contributed by atoms with Crippen LogP contribution in [-0.4, -0.2) is 12.7 Å². The average molecular weight is 309 g/mol. The third-order valence-corrected chi connectivity index (χ3v) is 3.76. The lowest BCUT2D eigenvalue weighted by molar-refractivity contribution is -0.117. The summed E-state index contributed by atoms with van der Waals surface area (Å²) in [6.07, 6.45) is 3.36. The van der Waals surface area contributed by atoms with E-state index in [1.165, 1.54) is 5.56 Å². The van der Waals surface area contributed by atoms with Gasteiger partial charge in [-0.25, -0.2) is 0 Å². The predicted octanol–water partition coefficient (Wildman–Crippen LogP) is 3.61. The van der Waals surface area contributed by atoms with E-state index in [4.69, 9.17) is 9.47 Å². The summed E-state index contributed by atoms with van der Waals surface area (Å²) >= 11 is 0. The molecule has 1 atom stereocenters. The molecule has 4 heteroatoms. The summed E-state index contributed by atoms with van der Waals surface area (Å²) in [5, 5.41) is 2.95. The molecule has 0 spiro atoms. The van der Waals surface area contributed by atoms with Crippen molar-refractivity contribution >= 4 is 12.0 Å². The number of benzene rings is 2. The second-order valence-corrected chi connectivity index (χ2v) is 5.59. The highest BCUT2D eigenvalue weighted by molar-refractivity contribution is 5.92. The molecule has 2 aromatic carbocycles. The number of fused-ring (bicyclic) bond motifs is 1. The number of nitrogens with one attached hydrogen (secondary N) is 1. The molecule has 0 fully saturated rings. The molecule has 4 nitrogen and oxygen atoms in total. The molecule has 23 heavy (non-hydrogen) atoms. The van der Waals surface area contributed by atoms with Crippen LogP contribution in [0.3, 0.4) is 0 Å². The minimum atomic E-state index is -0.129. The van der Waals surface area contributed by atoms with Gasteiger partial charge >= 0.3 is 0 Å². The fourth-order valence-corrected chi connectivity index (χ4v) is 2.38. The lowest BCUT2D eigenvalue weighted by Crippen LogP contribution is -2.24. The Balaban J connectivity index is 1.62. The molecule has 0 aromatic heterocycles. The fraction of sp³-hybridized carbons (Fsp3) is 0.211. The van der Waals surface area contributed by atoms with Gasteiger partial charge in [0.1, 0.15) is 0 Å². The van der Waals surface area contributed by atoms with E-state index < -0.39 is 0 Å². The first-order chi connectivity index (χ1) is 11.1. The van der Waals surface area contributed by atoms with Gasteiger partial charge in [-0.05, 0) is 43.2 Å². The zero-order valence-electron chi connectivity index (χ0n) is 13.2. The van der Waals surface area contributed by atoms with Gasteiger partial charge in [-0.3, -0.25) is 4.79 Å². The summed E-state index contributed by atoms with van der Waals surface area (Å²) in [6, 6.07) is 13.6. The minimum Gasteiger partial charge on any atom is -0.454 e. The van der Waals surface area contributed by atoms with Gasteiger partial charge < -0.3 is 14.8 Å². The Hall–Kier alpha value is -2.75. The second-order valence-electron chi connectivity index (χ2n) is 5.59. The Kier molecular flexibility index (Phi) is 4.33. The van der Waals surface area contributed by atoms with Gasteiger partial charge in [0.25, 0.3) is 0 Å². The zero-order chi connectivity index (χ0) is 16.2. The largest absolute Gasteiger partial charge is 0.454 e. The predicted molar refractivity (Wildman–Crippen MR) is 89.3 cm³/mol. The highest BCUT2D eigenvalue weighted by atomic mass is 16.7. The molecule has 1 aliphatic rings. The molecule has 1 aliphatic heterocycles. The van der Waals surface area contributed by atoms with E-state index in [2.05, 4.69) is 5.32 Å². The highest BCUT2D eigenvalue weighted by Crippen LogP contribution is 2.34. The summed E-state index contributed by atoms with van der Waals surface area (Å²) < 4.78 is 10.6. The molecule has 0 saturated heterocycles. The number of rotatable bonds is 4. The van der Waals surface area contributed by atoms with Gasteiger partial charge in [-0.1, -0.05) is 35.9 Å². The maximum absolute atomic E-state index is 12.0. The van der Waals surface area contributed by atoms with E-state index in [0.717, 1.165) is 22.6 Å². The second kappa shape index (κ2) is 6.57. The number of hydrogen-bond acceptors (Lipinski definition) is 3. The number of ether oxygens (including phenoxy) is 2. The smallest absolute Gasteiger partial charge is 0.244 e. The third kappa shape index (κ3) is 3.72. The molecule has 0 radical (unpaired) electrons. The number of amides is 1. The lowest BCUT2D eigenvalue weighted by Gasteiger charge is -2.13. The Morgan fingerprint density at radius 2 is 1.87 bits per heavy atom. The number of aryl methyl sites for hydroxylation is 1. The Bertz CT molecular complexity index is 735. The monoisotopic (exact) mass is 309 g/mol. The van der Waals surface area contributed by atoms with Crippen molar-refractivity contribution in [3.05, 3.63) is 65.2 Å². The van der Waals surface area contributed by atoms with Crippen molar-refractivity contribution in [1.82, 2.24) is 5.32 Å². The normalized spacial score (nSPS) is 14.0. The van der Waals surface area contributed by atoms with Crippen LogP contribution in [0.25, 0.3) is 6.08 Å². The Morgan fingerprint density at radius 1 is 1.13 bits per heavy atom. The van der Waals surface area contributed by atoms with Gasteiger partial charge in [0.05, 0.1) is 6.04 Å². The molecule has 1 heterocycles. The minimum absolute atomic E-state index is 0.111. The average Bonchev–Trinajstić information content (AvgIpc) is 3.02. The van der Waals surface area contributed by atoms with Crippen LogP contribution in [0, 0.1) is 6.92 Å². The van der Waals surface area contributed by atoms with Crippen molar-refractivity contribution in [2.24, 2.45) is 0 Å². The summed E-state index contributed by atoms with van der Waals surface area (Å²) in [6.45, 7) is 4.22. The third-order valence-electron chi connectivity index (χ3n) is 3.76. The van der Waals surface area contributed by atoms with Crippen molar-refractivity contribution in [3.63, 3.8) is 0 Å². The molecular formula is C19H19NO3. The summed E-state index contributed by atoms with van der Waals surface area (Å²) in [5.74, 6) is 1.33. The molecule has 0 bridgehead atoms. The van der Waals surface area contributed by atoms with Crippen molar-refractivity contribution in [2.45, 2.75) is 19.9 Å². The van der Waals surface area contributed by atoms with E-state index in [9.17, 15) is 4.79 Å². The first-order valence-corrected chi connectivity index (χ1v) is 7.56. The fourth-order valence-electron chi connectivity index (χ4n) is 2.38. The van der Waals surface area contributed by atoms with Crippen molar-refractivity contribution < 1.29 is 14.3 Å². The lowest BCUT2D eigenvalue weighted by atomic mass is 10.1. The van der Waals surface area contributed by atoms with E-state index >= 15 is 0 Å². The number of carbonyl (C=O) groups excluding carboxylic acids is 1. The molecule has 0 aliphatic carbocycles. The van der Waals surface area contributed by atoms with E-state index in [0.29, 0.717) is 0 Å². The SMILES string of the molecule is Cc1ccc(/C=C/C(=O)NC(C)c2ccc3c(c2)OCO3)cc1. The first-order valence-electron chi connectivity index (χ1n) is 7.56. The van der Waals surface area contributed by atoms with Crippen LogP contribution in [0.5, 0.6) is 11.5 Å². The standard InChI is InChI=1S/C19H19NO3/c1-13-3-5-15(6-4-13)7-10-19(21)20-14(2)16-8-9-17-18(11-16)23-12-22-17/h3-11,14H,12H2,1-2H3,(H,20,21)/b10-7+. The first kappa shape index (κ1) is 15.2. The molecule has 1 amide bonds. The molecular weight excluding hydrogens is 290 g/mol. The van der Waals surface area contributed by atoms with E-state index in [1.807, 2.05) is 56.3 Å². The molecule has 2 aromatic rings. The zero-order valence-corrected chi connectivity index (χ0v) is 13.2. The Morgan fingerprint density at radius 3 is 2.65 bits per heavy atom. The van der Waals surface area contributed by atoms with Crippen molar-refractivity contribution in [2.75, 3.05) is 6.79 Å². The summed E-state index contributed by atoms with van der Waals surface area (Å²) in [7, 11) is 0. The summed E-state index contributed by atoms with van der Waals surface area (Å²) in [4.78, 5) is 12.0.